The number of hydrogen-bond donors (Lipinski definition) is 3. The summed E-state index contributed by atoms with van der Waals surface area (Å²) >= 11 is 0. The van der Waals surface area contributed by atoms with E-state index in [1.807, 2.05) is 6.92 Å². The Balaban J connectivity index is 1.47. The third kappa shape index (κ3) is 4.72. The number of carbonyl (C=O) groups is 1. The van der Waals surface area contributed by atoms with Crippen molar-refractivity contribution in [3.8, 4) is 0 Å². The molecule has 3 rings (SSSR count). The van der Waals surface area contributed by atoms with Crippen LogP contribution in [0.25, 0.3) is 10.9 Å². The van der Waals surface area contributed by atoms with E-state index in [0.29, 0.717) is 32.2 Å². The zero-order chi connectivity index (χ0) is 19.2. The summed E-state index contributed by atoms with van der Waals surface area (Å²) in [4.78, 5) is 21.3. The molecule has 0 bridgehead atoms. The molecular weight excluding hydrogens is 342 g/mol. The molecule has 1 aliphatic heterocycles. The molecule has 7 heteroatoms. The van der Waals surface area contributed by atoms with Crippen molar-refractivity contribution in [3.05, 3.63) is 35.5 Å². The SMILES string of the molecule is CCOC(=O)N1CCC(NC(N)=NCCc2c[nH]c3cccc(C)c23)CC1. The number of aromatic amines is 1. The summed E-state index contributed by atoms with van der Waals surface area (Å²) in [6.45, 7) is 6.35. The van der Waals surface area contributed by atoms with Crippen LogP contribution < -0.4 is 11.1 Å². The molecule has 4 N–H and O–H groups in total. The first-order valence-corrected chi connectivity index (χ1v) is 9.62. The molecule has 7 nitrogen and oxygen atoms in total. The smallest absolute Gasteiger partial charge is 0.409 e. The summed E-state index contributed by atoms with van der Waals surface area (Å²) in [6, 6.07) is 6.52. The highest BCUT2D eigenvalue weighted by Crippen LogP contribution is 2.22. The van der Waals surface area contributed by atoms with Gasteiger partial charge in [-0.1, -0.05) is 12.1 Å². The molecule has 0 radical (unpaired) electrons. The van der Waals surface area contributed by atoms with Gasteiger partial charge in [-0.05, 0) is 50.3 Å². The summed E-state index contributed by atoms with van der Waals surface area (Å²) in [5.74, 6) is 0.473. The van der Waals surface area contributed by atoms with Crippen molar-refractivity contribution in [3.63, 3.8) is 0 Å². The number of nitrogens with zero attached hydrogens (tertiary/aromatic N) is 2. The van der Waals surface area contributed by atoms with E-state index in [4.69, 9.17) is 10.5 Å². The largest absolute Gasteiger partial charge is 0.450 e. The first-order valence-electron chi connectivity index (χ1n) is 9.62. The summed E-state index contributed by atoms with van der Waals surface area (Å²) in [5, 5.41) is 4.56. The number of carbonyl (C=O) groups excluding carboxylic acids is 1. The predicted molar refractivity (Wildman–Crippen MR) is 108 cm³/mol. The van der Waals surface area contributed by atoms with Gasteiger partial charge in [0.05, 0.1) is 6.61 Å². The van der Waals surface area contributed by atoms with E-state index in [-0.39, 0.29) is 12.1 Å². The van der Waals surface area contributed by atoms with Gasteiger partial charge in [-0.3, -0.25) is 4.99 Å². The maximum absolute atomic E-state index is 11.7. The van der Waals surface area contributed by atoms with Gasteiger partial charge in [-0.2, -0.15) is 0 Å². The number of H-pyrrole nitrogens is 1. The van der Waals surface area contributed by atoms with E-state index in [0.717, 1.165) is 24.8 Å². The molecule has 0 atom stereocenters. The van der Waals surface area contributed by atoms with Crippen LogP contribution in [0.5, 0.6) is 0 Å². The maximum atomic E-state index is 11.7. The van der Waals surface area contributed by atoms with Crippen molar-refractivity contribution >= 4 is 23.0 Å². The number of rotatable bonds is 5. The molecule has 1 aliphatic rings. The number of piperidine rings is 1. The Bertz CT molecular complexity index is 806. The van der Waals surface area contributed by atoms with Gasteiger partial charge in [0.2, 0.25) is 0 Å². The van der Waals surface area contributed by atoms with E-state index in [1.54, 1.807) is 4.90 Å². The van der Waals surface area contributed by atoms with Gasteiger partial charge < -0.3 is 25.7 Å². The normalized spacial score (nSPS) is 15.9. The fourth-order valence-corrected chi connectivity index (χ4v) is 3.62. The fourth-order valence-electron chi connectivity index (χ4n) is 3.62. The number of nitrogens with two attached hydrogens (primary N) is 1. The Hall–Kier alpha value is -2.70. The van der Waals surface area contributed by atoms with Crippen molar-refractivity contribution in [2.24, 2.45) is 10.7 Å². The lowest BCUT2D eigenvalue weighted by Gasteiger charge is -2.31. The van der Waals surface area contributed by atoms with Gasteiger partial charge in [0.1, 0.15) is 0 Å². The van der Waals surface area contributed by atoms with Gasteiger partial charge in [0.25, 0.3) is 0 Å². The van der Waals surface area contributed by atoms with Crippen LogP contribution >= 0.6 is 0 Å². The number of aromatic nitrogens is 1. The van der Waals surface area contributed by atoms with Gasteiger partial charge in [-0.25, -0.2) is 4.79 Å². The van der Waals surface area contributed by atoms with Crippen LogP contribution in [0.2, 0.25) is 0 Å². The van der Waals surface area contributed by atoms with Crippen molar-refractivity contribution in [1.29, 1.82) is 0 Å². The minimum atomic E-state index is -0.230. The Kier molecular flexibility index (Phi) is 6.21. The second-order valence-corrected chi connectivity index (χ2v) is 6.93. The molecule has 2 heterocycles. The van der Waals surface area contributed by atoms with Crippen LogP contribution in [0, 0.1) is 6.92 Å². The van der Waals surface area contributed by atoms with Crippen LogP contribution in [0.15, 0.2) is 29.4 Å². The minimum Gasteiger partial charge on any atom is -0.450 e. The third-order valence-corrected chi connectivity index (χ3v) is 5.03. The molecule has 0 spiro atoms. The second-order valence-electron chi connectivity index (χ2n) is 6.93. The predicted octanol–water partition coefficient (Wildman–Crippen LogP) is 2.54. The maximum Gasteiger partial charge on any atom is 0.409 e. The molecular formula is C20H29N5O2. The Labute approximate surface area is 160 Å². The standard InChI is InChI=1S/C20H29N5O2/c1-3-27-20(26)25-11-8-16(9-12-25)24-19(21)22-10-7-15-13-23-17-6-4-5-14(2)18(15)17/h4-6,13,16,23H,3,7-12H2,1-2H3,(H3,21,22,24). The van der Waals surface area contributed by atoms with E-state index < -0.39 is 0 Å². The molecule has 1 aromatic heterocycles. The number of likely N-dealkylation sites (tertiary alicyclic amines) is 1. The van der Waals surface area contributed by atoms with Crippen molar-refractivity contribution in [2.45, 2.75) is 39.2 Å². The number of aryl methyl sites for hydroxylation is 1. The zero-order valence-electron chi connectivity index (χ0n) is 16.1. The molecule has 1 fully saturated rings. The van der Waals surface area contributed by atoms with Crippen LogP contribution in [0.4, 0.5) is 4.79 Å². The zero-order valence-corrected chi connectivity index (χ0v) is 16.1. The first-order chi connectivity index (χ1) is 13.1. The van der Waals surface area contributed by atoms with Gasteiger partial charge in [0, 0.05) is 42.8 Å². The van der Waals surface area contributed by atoms with Gasteiger partial charge >= 0.3 is 6.09 Å². The van der Waals surface area contributed by atoms with Crippen molar-refractivity contribution in [2.75, 3.05) is 26.2 Å². The lowest BCUT2D eigenvalue weighted by molar-refractivity contribution is 0.0963. The number of fused-ring (bicyclic) bond motifs is 1. The van der Waals surface area contributed by atoms with Crippen LogP contribution in [-0.4, -0.2) is 54.2 Å². The highest BCUT2D eigenvalue weighted by Gasteiger charge is 2.23. The number of hydrogen-bond acceptors (Lipinski definition) is 3. The number of benzene rings is 1. The van der Waals surface area contributed by atoms with Crippen molar-refractivity contribution in [1.82, 2.24) is 15.2 Å². The lowest BCUT2D eigenvalue weighted by Crippen LogP contribution is -2.48. The molecule has 0 unspecified atom stereocenters. The summed E-state index contributed by atoms with van der Waals surface area (Å²) < 4.78 is 5.04. The average molecular weight is 371 g/mol. The van der Waals surface area contributed by atoms with E-state index in [1.165, 1.54) is 16.5 Å². The van der Waals surface area contributed by atoms with E-state index in [2.05, 4.69) is 46.6 Å². The van der Waals surface area contributed by atoms with Gasteiger partial charge in [0.15, 0.2) is 5.96 Å². The Morgan fingerprint density at radius 1 is 1.41 bits per heavy atom. The Morgan fingerprint density at radius 2 is 2.19 bits per heavy atom. The molecule has 146 valence electrons. The summed E-state index contributed by atoms with van der Waals surface area (Å²) in [5.41, 5.74) is 9.75. The molecule has 27 heavy (non-hydrogen) atoms. The van der Waals surface area contributed by atoms with Gasteiger partial charge in [-0.15, -0.1) is 0 Å². The van der Waals surface area contributed by atoms with Crippen LogP contribution in [0.3, 0.4) is 0 Å². The van der Waals surface area contributed by atoms with Crippen molar-refractivity contribution < 1.29 is 9.53 Å². The number of aliphatic imine (C=N–C) groups is 1. The lowest BCUT2D eigenvalue weighted by atomic mass is 10.1. The third-order valence-electron chi connectivity index (χ3n) is 5.03. The minimum absolute atomic E-state index is 0.230. The average Bonchev–Trinajstić information content (AvgIpc) is 3.07. The fraction of sp³-hybridized carbons (Fsp3) is 0.500. The number of ether oxygens (including phenoxy) is 1. The highest BCUT2D eigenvalue weighted by molar-refractivity contribution is 5.86. The molecule has 1 amide bonds. The molecule has 0 saturated carbocycles. The van der Waals surface area contributed by atoms with Crippen LogP contribution in [-0.2, 0) is 11.2 Å². The van der Waals surface area contributed by atoms with E-state index in [9.17, 15) is 4.79 Å². The number of guanidine groups is 1. The number of amides is 1. The molecule has 2 aromatic rings. The quantitative estimate of drug-likeness (QED) is 0.556. The summed E-state index contributed by atoms with van der Waals surface area (Å²) in [7, 11) is 0. The van der Waals surface area contributed by atoms with E-state index >= 15 is 0 Å². The molecule has 1 aromatic carbocycles. The van der Waals surface area contributed by atoms with Crippen LogP contribution in [0.1, 0.15) is 30.9 Å². The topological polar surface area (TPSA) is 95.7 Å². The summed E-state index contributed by atoms with van der Waals surface area (Å²) in [6.07, 6.45) is 4.36. The second kappa shape index (κ2) is 8.79. The highest BCUT2D eigenvalue weighted by atomic mass is 16.6. The molecule has 0 aliphatic carbocycles. The first kappa shape index (κ1) is 19.1. The number of nitrogens with one attached hydrogen (secondary N) is 2. The Morgan fingerprint density at radius 3 is 2.93 bits per heavy atom. The molecule has 1 saturated heterocycles. The monoisotopic (exact) mass is 371 g/mol.